The smallest absolute Gasteiger partial charge is 0 e. The van der Waals surface area contributed by atoms with E-state index in [1.165, 1.54) is 0 Å². The third-order valence-corrected chi connectivity index (χ3v) is 1.30. The van der Waals surface area contributed by atoms with Crippen LogP contribution in [0.1, 0.15) is 26.5 Å². The topological polar surface area (TPSA) is 25.8 Å². The molecule has 0 unspecified atom stereocenters. The van der Waals surface area contributed by atoms with Gasteiger partial charge >= 0.3 is 0 Å². The number of hydrogen-bond donors (Lipinski definition) is 0. The first-order chi connectivity index (χ1) is 4.61. The van der Waals surface area contributed by atoms with E-state index in [0.29, 0.717) is 0 Å². The molecular weight excluding hydrogens is 310 g/mol. The van der Waals surface area contributed by atoms with Gasteiger partial charge in [0.25, 0.3) is 0 Å². The molecule has 1 heterocycles. The molecule has 0 bridgehead atoms. The summed E-state index contributed by atoms with van der Waals surface area (Å²) in [5.74, 6) is 0. The summed E-state index contributed by atoms with van der Waals surface area (Å²) in [7, 11) is 0. The summed E-state index contributed by atoms with van der Waals surface area (Å²) < 4.78 is 0. The molecule has 0 saturated heterocycles. The second kappa shape index (κ2) is 3.94. The van der Waals surface area contributed by atoms with Crippen LogP contribution in [0, 0.1) is 6.20 Å². The van der Waals surface area contributed by atoms with E-state index >= 15 is 0 Å². The van der Waals surface area contributed by atoms with Gasteiger partial charge in [0.2, 0.25) is 0 Å². The normalized spacial score (nSPS) is 10.5. The molecule has 0 aliphatic carbocycles. The van der Waals surface area contributed by atoms with Crippen molar-refractivity contribution in [2.45, 2.75) is 26.2 Å². The SMILES string of the molecule is CC(C)(C)c1cc[c-]nn1.[Re]. The molecule has 0 amide bonds. The largest absolute Gasteiger partial charge is 0.268 e. The Morgan fingerprint density at radius 3 is 2.27 bits per heavy atom. The number of hydrogen-bond acceptors (Lipinski definition) is 2. The zero-order valence-corrected chi connectivity index (χ0v) is 9.64. The molecule has 2 nitrogen and oxygen atoms in total. The maximum atomic E-state index is 3.94. The molecule has 1 rings (SSSR count). The third-order valence-electron chi connectivity index (χ3n) is 1.30. The molecule has 61 valence electrons. The molecule has 0 spiro atoms. The molecular formula is C8H11N2Re-. The van der Waals surface area contributed by atoms with Gasteiger partial charge < -0.3 is 0 Å². The average Bonchev–Trinajstić information content (AvgIpc) is 1.88. The fourth-order valence-electron chi connectivity index (χ4n) is 0.666. The predicted molar refractivity (Wildman–Crippen MR) is 39.6 cm³/mol. The standard InChI is InChI=1S/C8H11N2.Re/c1-8(2,3)7-5-4-6-9-10-7;/h4-5H,1-3H3;/q-1;. The van der Waals surface area contributed by atoms with Gasteiger partial charge in [-0.15, -0.1) is 6.20 Å². The first-order valence-corrected chi connectivity index (χ1v) is 3.31. The van der Waals surface area contributed by atoms with E-state index in [0.717, 1.165) is 5.69 Å². The van der Waals surface area contributed by atoms with Crippen LogP contribution < -0.4 is 0 Å². The van der Waals surface area contributed by atoms with Crippen LogP contribution in [0.15, 0.2) is 12.1 Å². The Balaban J connectivity index is 0.000001000. The van der Waals surface area contributed by atoms with Gasteiger partial charge in [0.1, 0.15) is 0 Å². The minimum Gasteiger partial charge on any atom is -0.268 e. The summed E-state index contributed by atoms with van der Waals surface area (Å²) in [5.41, 5.74) is 1.11. The van der Waals surface area contributed by atoms with Crippen LogP contribution in [0.25, 0.3) is 0 Å². The summed E-state index contributed by atoms with van der Waals surface area (Å²) >= 11 is 0. The summed E-state index contributed by atoms with van der Waals surface area (Å²) in [5, 5.41) is 7.62. The molecule has 1 radical (unpaired) electrons. The molecule has 1 aromatic rings. The van der Waals surface area contributed by atoms with Crippen molar-refractivity contribution in [2.24, 2.45) is 0 Å². The Labute approximate surface area is 81.1 Å². The molecule has 0 aromatic carbocycles. The van der Waals surface area contributed by atoms with Crippen molar-refractivity contribution in [2.75, 3.05) is 0 Å². The van der Waals surface area contributed by atoms with Crippen LogP contribution >= 0.6 is 0 Å². The van der Waals surface area contributed by atoms with Crippen LogP contribution in [-0.2, 0) is 25.8 Å². The van der Waals surface area contributed by atoms with Gasteiger partial charge in [-0.3, -0.25) is 5.10 Å². The second-order valence-electron chi connectivity index (χ2n) is 3.30. The van der Waals surface area contributed by atoms with E-state index in [1.807, 2.05) is 6.07 Å². The monoisotopic (exact) mass is 322 g/mol. The Kier molecular flexibility index (Phi) is 3.85. The maximum absolute atomic E-state index is 3.94. The summed E-state index contributed by atoms with van der Waals surface area (Å²) in [6.45, 7) is 6.32. The van der Waals surface area contributed by atoms with Gasteiger partial charge in [0, 0.05) is 20.4 Å². The summed E-state index contributed by atoms with van der Waals surface area (Å²) in [6.07, 6.45) is 2.64. The van der Waals surface area contributed by atoms with Gasteiger partial charge in [-0.25, -0.2) is 6.07 Å². The Morgan fingerprint density at radius 2 is 2.00 bits per heavy atom. The molecule has 0 N–H and O–H groups in total. The van der Waals surface area contributed by atoms with Crippen molar-refractivity contribution < 1.29 is 20.4 Å². The van der Waals surface area contributed by atoms with Crippen molar-refractivity contribution in [1.82, 2.24) is 10.2 Å². The second-order valence-corrected chi connectivity index (χ2v) is 3.30. The quantitative estimate of drug-likeness (QED) is 0.678. The minimum absolute atomic E-state index is 0. The van der Waals surface area contributed by atoms with Crippen molar-refractivity contribution in [3.05, 3.63) is 24.0 Å². The van der Waals surface area contributed by atoms with Gasteiger partial charge in [-0.05, 0) is 11.1 Å². The number of rotatable bonds is 0. The molecule has 0 aliphatic heterocycles. The third kappa shape index (κ3) is 3.09. The van der Waals surface area contributed by atoms with Crippen molar-refractivity contribution in [1.29, 1.82) is 0 Å². The van der Waals surface area contributed by atoms with Gasteiger partial charge in [-0.1, -0.05) is 20.8 Å². The Hall–Kier alpha value is -0.258. The number of aromatic nitrogens is 2. The molecule has 11 heavy (non-hydrogen) atoms. The van der Waals surface area contributed by atoms with Crippen LogP contribution in [-0.4, -0.2) is 10.2 Å². The van der Waals surface area contributed by atoms with Crippen LogP contribution in [0.2, 0.25) is 0 Å². The van der Waals surface area contributed by atoms with E-state index in [2.05, 4.69) is 37.2 Å². The molecule has 3 heteroatoms. The summed E-state index contributed by atoms with van der Waals surface area (Å²) in [6, 6.07) is 3.72. The fourth-order valence-corrected chi connectivity index (χ4v) is 0.666. The maximum Gasteiger partial charge on any atom is 0 e. The van der Waals surface area contributed by atoms with E-state index in [1.54, 1.807) is 6.07 Å². The Bertz CT molecular complexity index is 203. The molecule has 0 saturated carbocycles. The van der Waals surface area contributed by atoms with Gasteiger partial charge in [0.15, 0.2) is 0 Å². The van der Waals surface area contributed by atoms with Crippen molar-refractivity contribution >= 4 is 0 Å². The predicted octanol–water partition coefficient (Wildman–Crippen LogP) is 1.57. The number of nitrogens with zero attached hydrogens (tertiary/aromatic N) is 2. The first-order valence-electron chi connectivity index (χ1n) is 3.31. The van der Waals surface area contributed by atoms with E-state index in [-0.39, 0.29) is 25.8 Å². The van der Waals surface area contributed by atoms with Crippen LogP contribution in [0.5, 0.6) is 0 Å². The molecule has 0 aliphatic rings. The minimum atomic E-state index is 0. The van der Waals surface area contributed by atoms with Gasteiger partial charge in [-0.2, -0.15) is 11.2 Å². The van der Waals surface area contributed by atoms with Crippen LogP contribution in [0.3, 0.4) is 0 Å². The van der Waals surface area contributed by atoms with Gasteiger partial charge in [0.05, 0.1) is 0 Å². The Morgan fingerprint density at radius 1 is 1.36 bits per heavy atom. The van der Waals surface area contributed by atoms with E-state index < -0.39 is 0 Å². The zero-order valence-electron chi connectivity index (χ0n) is 6.93. The first kappa shape index (κ1) is 10.7. The molecule has 0 fully saturated rings. The zero-order chi connectivity index (χ0) is 7.61. The van der Waals surface area contributed by atoms with Crippen molar-refractivity contribution in [3.8, 4) is 0 Å². The summed E-state index contributed by atoms with van der Waals surface area (Å²) in [4.78, 5) is 0. The molecule has 0 atom stereocenters. The van der Waals surface area contributed by atoms with Crippen LogP contribution in [0.4, 0.5) is 0 Å². The fraction of sp³-hybridized carbons (Fsp3) is 0.500. The van der Waals surface area contributed by atoms with E-state index in [4.69, 9.17) is 0 Å². The van der Waals surface area contributed by atoms with Crippen molar-refractivity contribution in [3.63, 3.8) is 0 Å². The van der Waals surface area contributed by atoms with E-state index in [9.17, 15) is 0 Å². The average molecular weight is 321 g/mol. The molecule has 1 aromatic heterocycles.